The van der Waals surface area contributed by atoms with Gasteiger partial charge in [0, 0.05) is 6.04 Å². The van der Waals surface area contributed by atoms with Crippen molar-refractivity contribution in [2.75, 3.05) is 4.90 Å². The van der Waals surface area contributed by atoms with Crippen LogP contribution in [0.1, 0.15) is 18.1 Å². The average molecular weight is 390 g/mol. The number of amides is 2. The Morgan fingerprint density at radius 1 is 1.07 bits per heavy atom. The fraction of sp³-hybridized carbons (Fsp3) is 0.261. The largest absolute Gasteiger partial charge is 0.480 e. The van der Waals surface area contributed by atoms with Gasteiger partial charge in [-0.3, -0.25) is 19.7 Å². The van der Waals surface area contributed by atoms with E-state index >= 15 is 0 Å². The summed E-state index contributed by atoms with van der Waals surface area (Å²) in [7, 11) is 0. The number of rotatable bonds is 4. The molecular weight excluding hydrogens is 368 g/mol. The number of para-hydroxylation sites is 1. The van der Waals surface area contributed by atoms with E-state index < -0.39 is 35.3 Å². The van der Waals surface area contributed by atoms with Gasteiger partial charge in [0.1, 0.15) is 5.54 Å². The molecule has 4 atom stereocenters. The van der Waals surface area contributed by atoms with Gasteiger partial charge in [-0.15, -0.1) is 0 Å². The molecule has 2 fully saturated rings. The predicted molar refractivity (Wildman–Crippen MR) is 109 cm³/mol. The number of carbonyl (C=O) groups excluding carboxylic acids is 2. The van der Waals surface area contributed by atoms with Crippen molar-refractivity contribution < 1.29 is 19.5 Å². The van der Waals surface area contributed by atoms with Crippen LogP contribution in [0, 0.1) is 18.8 Å². The number of anilines is 1. The molecule has 0 aliphatic carbocycles. The number of carboxylic acids is 1. The van der Waals surface area contributed by atoms with E-state index in [1.807, 2.05) is 55.5 Å². The SMILES string of the molecule is Cc1ccccc1N1C(=O)C2C(C=Cc3ccccc3)NC(C)(C(=O)O)C2C1=O. The molecule has 2 aromatic carbocycles. The van der Waals surface area contributed by atoms with Crippen LogP contribution in [0.4, 0.5) is 5.69 Å². The molecule has 2 aromatic rings. The molecule has 6 nitrogen and oxygen atoms in total. The number of hydrogen-bond donors (Lipinski definition) is 2. The predicted octanol–water partition coefficient (Wildman–Crippen LogP) is 2.63. The van der Waals surface area contributed by atoms with Gasteiger partial charge in [0.05, 0.1) is 17.5 Å². The van der Waals surface area contributed by atoms with Crippen molar-refractivity contribution in [2.45, 2.75) is 25.4 Å². The molecular formula is C23H22N2O4. The topological polar surface area (TPSA) is 86.7 Å². The standard InChI is InChI=1S/C23H22N2O4/c1-14-8-6-7-11-17(14)25-20(26)18-16(13-12-15-9-4-3-5-10-15)24-23(2,22(28)29)19(18)21(25)27/h3-13,16,18-19,24H,1-2H3,(H,28,29). The van der Waals surface area contributed by atoms with Gasteiger partial charge in [-0.05, 0) is 31.0 Å². The minimum absolute atomic E-state index is 0.366. The second-order valence-corrected chi connectivity index (χ2v) is 7.75. The second kappa shape index (κ2) is 6.97. The molecule has 0 aromatic heterocycles. The zero-order valence-corrected chi connectivity index (χ0v) is 16.2. The molecule has 2 heterocycles. The van der Waals surface area contributed by atoms with Gasteiger partial charge in [-0.1, -0.05) is 60.7 Å². The summed E-state index contributed by atoms with van der Waals surface area (Å²) in [6.07, 6.45) is 3.63. The highest BCUT2D eigenvalue weighted by Gasteiger charge is 2.66. The number of fused-ring (bicyclic) bond motifs is 1. The van der Waals surface area contributed by atoms with Crippen molar-refractivity contribution in [2.24, 2.45) is 11.8 Å². The summed E-state index contributed by atoms with van der Waals surface area (Å²) >= 11 is 0. The van der Waals surface area contributed by atoms with Gasteiger partial charge in [0.2, 0.25) is 11.8 Å². The minimum atomic E-state index is -1.53. The van der Waals surface area contributed by atoms with E-state index in [1.165, 1.54) is 6.92 Å². The highest BCUT2D eigenvalue weighted by molar-refractivity contribution is 6.24. The van der Waals surface area contributed by atoms with Gasteiger partial charge in [-0.2, -0.15) is 0 Å². The van der Waals surface area contributed by atoms with Crippen LogP contribution >= 0.6 is 0 Å². The maximum Gasteiger partial charge on any atom is 0.324 e. The van der Waals surface area contributed by atoms with Gasteiger partial charge in [0.25, 0.3) is 0 Å². The van der Waals surface area contributed by atoms with E-state index in [9.17, 15) is 19.5 Å². The van der Waals surface area contributed by atoms with E-state index in [1.54, 1.807) is 18.2 Å². The number of hydrogen-bond acceptors (Lipinski definition) is 4. The van der Waals surface area contributed by atoms with Gasteiger partial charge in [0.15, 0.2) is 0 Å². The van der Waals surface area contributed by atoms with Crippen LogP contribution in [0.3, 0.4) is 0 Å². The highest BCUT2D eigenvalue weighted by Crippen LogP contribution is 2.45. The van der Waals surface area contributed by atoms with Crippen molar-refractivity contribution in [3.05, 3.63) is 71.8 Å². The van der Waals surface area contributed by atoms with Crippen molar-refractivity contribution in [3.63, 3.8) is 0 Å². The molecule has 0 bridgehead atoms. The Balaban J connectivity index is 1.75. The van der Waals surface area contributed by atoms with E-state index in [2.05, 4.69) is 5.32 Å². The fourth-order valence-corrected chi connectivity index (χ4v) is 4.38. The first-order valence-electron chi connectivity index (χ1n) is 9.52. The third-order valence-corrected chi connectivity index (χ3v) is 5.92. The Kier molecular flexibility index (Phi) is 4.59. The van der Waals surface area contributed by atoms with Crippen LogP contribution in [-0.2, 0) is 14.4 Å². The Bertz CT molecular complexity index is 1020. The summed E-state index contributed by atoms with van der Waals surface area (Å²) < 4.78 is 0. The van der Waals surface area contributed by atoms with Gasteiger partial charge < -0.3 is 5.11 Å². The molecule has 0 saturated carbocycles. The molecule has 2 aliphatic heterocycles. The lowest BCUT2D eigenvalue weighted by Gasteiger charge is -2.27. The summed E-state index contributed by atoms with van der Waals surface area (Å²) in [5.41, 5.74) is 0.703. The summed E-state index contributed by atoms with van der Waals surface area (Å²) in [5, 5.41) is 12.9. The van der Waals surface area contributed by atoms with E-state index in [0.29, 0.717) is 5.69 Å². The summed E-state index contributed by atoms with van der Waals surface area (Å²) in [6.45, 7) is 3.31. The lowest BCUT2D eigenvalue weighted by atomic mass is 9.81. The number of aliphatic carboxylic acids is 1. The molecule has 148 valence electrons. The zero-order valence-electron chi connectivity index (χ0n) is 16.2. The number of benzene rings is 2. The Morgan fingerprint density at radius 3 is 2.38 bits per heavy atom. The fourth-order valence-electron chi connectivity index (χ4n) is 4.38. The molecule has 2 N–H and O–H groups in total. The number of aryl methyl sites for hydroxylation is 1. The van der Waals surface area contributed by atoms with Gasteiger partial charge in [-0.25, -0.2) is 4.90 Å². The Morgan fingerprint density at radius 2 is 1.72 bits per heavy atom. The minimum Gasteiger partial charge on any atom is -0.480 e. The molecule has 2 amide bonds. The second-order valence-electron chi connectivity index (χ2n) is 7.75. The van der Waals surface area contributed by atoms with Crippen LogP contribution in [0.25, 0.3) is 6.08 Å². The quantitative estimate of drug-likeness (QED) is 0.784. The normalized spacial score (nSPS) is 28.9. The first-order valence-corrected chi connectivity index (χ1v) is 9.52. The molecule has 2 saturated heterocycles. The Hall–Kier alpha value is -3.25. The number of nitrogens with zero attached hydrogens (tertiary/aromatic N) is 1. The number of imide groups is 1. The van der Waals surface area contributed by atoms with E-state index in [-0.39, 0.29) is 5.91 Å². The summed E-state index contributed by atoms with van der Waals surface area (Å²) in [5.74, 6) is -3.73. The molecule has 2 aliphatic rings. The monoisotopic (exact) mass is 390 g/mol. The maximum atomic E-state index is 13.3. The number of carbonyl (C=O) groups is 3. The molecule has 29 heavy (non-hydrogen) atoms. The van der Waals surface area contributed by atoms with Gasteiger partial charge >= 0.3 is 5.97 Å². The van der Waals surface area contributed by atoms with Crippen LogP contribution in [-0.4, -0.2) is 34.5 Å². The van der Waals surface area contributed by atoms with Crippen molar-refractivity contribution >= 4 is 29.5 Å². The molecule has 6 heteroatoms. The molecule has 4 unspecified atom stereocenters. The first-order chi connectivity index (χ1) is 13.8. The zero-order chi connectivity index (χ0) is 20.8. The van der Waals surface area contributed by atoms with Crippen molar-refractivity contribution in [1.82, 2.24) is 5.32 Å². The summed E-state index contributed by atoms with van der Waals surface area (Å²) in [4.78, 5) is 39.8. The average Bonchev–Trinajstić information content (AvgIpc) is 3.16. The lowest BCUT2D eigenvalue weighted by molar-refractivity contribution is -0.147. The number of carboxylic acid groups (broad SMARTS) is 1. The third-order valence-electron chi connectivity index (χ3n) is 5.92. The van der Waals surface area contributed by atoms with Crippen LogP contribution in [0.15, 0.2) is 60.7 Å². The smallest absolute Gasteiger partial charge is 0.324 e. The van der Waals surface area contributed by atoms with Crippen LogP contribution < -0.4 is 10.2 Å². The molecule has 0 radical (unpaired) electrons. The lowest BCUT2D eigenvalue weighted by Crippen LogP contribution is -2.54. The molecule has 4 rings (SSSR count). The van der Waals surface area contributed by atoms with Crippen LogP contribution in [0.2, 0.25) is 0 Å². The summed E-state index contributed by atoms with van der Waals surface area (Å²) in [6, 6.07) is 16.1. The van der Waals surface area contributed by atoms with Crippen molar-refractivity contribution in [1.29, 1.82) is 0 Å². The molecule has 0 spiro atoms. The Labute approximate surface area is 168 Å². The number of nitrogens with one attached hydrogen (secondary N) is 1. The highest BCUT2D eigenvalue weighted by atomic mass is 16.4. The van der Waals surface area contributed by atoms with Crippen LogP contribution in [0.5, 0.6) is 0 Å². The van der Waals surface area contributed by atoms with E-state index in [0.717, 1.165) is 16.0 Å². The van der Waals surface area contributed by atoms with Crippen molar-refractivity contribution in [3.8, 4) is 0 Å². The van der Waals surface area contributed by atoms with E-state index in [4.69, 9.17) is 0 Å². The first kappa shape index (κ1) is 19.1. The maximum absolute atomic E-state index is 13.3. The third kappa shape index (κ3) is 2.96.